The second-order valence-electron chi connectivity index (χ2n) is 9.71. The maximum absolute atomic E-state index is 13.7. The van der Waals surface area contributed by atoms with Gasteiger partial charge >= 0.3 is 0 Å². The van der Waals surface area contributed by atoms with Gasteiger partial charge < -0.3 is 19.4 Å². The molecule has 5 rings (SSSR count). The number of benzene rings is 2. The number of nitrogens with zero attached hydrogens (tertiary/aromatic N) is 2. The van der Waals surface area contributed by atoms with Crippen LogP contribution < -0.4 is 14.8 Å². The summed E-state index contributed by atoms with van der Waals surface area (Å²) in [7, 11) is 1.51. The largest absolute Gasteiger partial charge is 0.491 e. The number of fused-ring (bicyclic) bond motifs is 4. The highest BCUT2D eigenvalue weighted by atomic mass is 35.5. The summed E-state index contributed by atoms with van der Waals surface area (Å²) in [6, 6.07) is 14.4. The summed E-state index contributed by atoms with van der Waals surface area (Å²) in [6.07, 6.45) is 1.55. The highest BCUT2D eigenvalue weighted by Gasteiger charge is 2.44. The van der Waals surface area contributed by atoms with Crippen LogP contribution in [0.5, 0.6) is 11.5 Å². The zero-order valence-electron chi connectivity index (χ0n) is 20.9. The molecule has 2 amide bonds. The van der Waals surface area contributed by atoms with Gasteiger partial charge in [-0.3, -0.25) is 14.5 Å². The van der Waals surface area contributed by atoms with E-state index >= 15 is 0 Å². The van der Waals surface area contributed by atoms with E-state index in [0.29, 0.717) is 22.0 Å². The summed E-state index contributed by atoms with van der Waals surface area (Å²) in [6.45, 7) is 7.40. The van der Waals surface area contributed by atoms with Crippen molar-refractivity contribution in [1.29, 1.82) is 0 Å². The van der Waals surface area contributed by atoms with Gasteiger partial charge in [-0.05, 0) is 81.9 Å². The van der Waals surface area contributed by atoms with Gasteiger partial charge in [-0.25, -0.2) is 0 Å². The van der Waals surface area contributed by atoms with Crippen LogP contribution in [0.4, 0.5) is 0 Å². The number of carbonyl (C=O) groups excluding carboxylic acids is 2. The molecule has 3 heterocycles. The van der Waals surface area contributed by atoms with Gasteiger partial charge in [0.1, 0.15) is 17.2 Å². The van der Waals surface area contributed by atoms with E-state index in [-0.39, 0.29) is 12.0 Å². The molecule has 0 aliphatic carbocycles. The van der Waals surface area contributed by atoms with Crippen LogP contribution in [0.3, 0.4) is 0 Å². The fraction of sp³-hybridized carbons (Fsp3) is 0.357. The minimum atomic E-state index is -0.562. The first kappa shape index (κ1) is 24.4. The van der Waals surface area contributed by atoms with E-state index in [9.17, 15) is 9.59 Å². The first-order chi connectivity index (χ1) is 17.2. The third kappa shape index (κ3) is 4.16. The van der Waals surface area contributed by atoms with E-state index in [1.54, 1.807) is 36.4 Å². The highest BCUT2D eigenvalue weighted by molar-refractivity contribution is 6.30. The molecule has 1 fully saturated rings. The summed E-state index contributed by atoms with van der Waals surface area (Å²) in [5.41, 5.74) is 2.75. The van der Waals surface area contributed by atoms with E-state index < -0.39 is 11.5 Å². The Morgan fingerprint density at radius 1 is 1.08 bits per heavy atom. The molecule has 36 heavy (non-hydrogen) atoms. The number of aromatic nitrogens is 1. The number of piperidine rings is 1. The zero-order valence-corrected chi connectivity index (χ0v) is 21.7. The molecule has 1 N–H and O–H groups in total. The molecular formula is C28H30ClN3O4. The summed E-state index contributed by atoms with van der Waals surface area (Å²) in [5.74, 6) is 0.583. The van der Waals surface area contributed by atoms with Gasteiger partial charge in [-0.15, -0.1) is 0 Å². The molecule has 0 saturated carbocycles. The Kier molecular flexibility index (Phi) is 6.30. The SMILES string of the molecule is Cc1cc(C(=O)N(C)C(=O)c2ccc3n2-c2ccc(Cl)cc2OC32CCNCC2)ccc1OC(C)C. The molecule has 0 bridgehead atoms. The third-order valence-corrected chi connectivity index (χ3v) is 7.08. The number of nitrogens with one attached hydrogen (secondary N) is 1. The van der Waals surface area contributed by atoms with Crippen molar-refractivity contribution in [3.63, 3.8) is 0 Å². The average molecular weight is 508 g/mol. The smallest absolute Gasteiger partial charge is 0.277 e. The van der Waals surface area contributed by atoms with Crippen LogP contribution in [0.2, 0.25) is 5.02 Å². The summed E-state index contributed by atoms with van der Waals surface area (Å²) < 4.78 is 14.3. The Bertz CT molecular complexity index is 1340. The highest BCUT2D eigenvalue weighted by Crippen LogP contribution is 2.46. The van der Waals surface area contributed by atoms with E-state index in [2.05, 4.69) is 5.32 Å². The molecule has 2 aliphatic rings. The minimum Gasteiger partial charge on any atom is -0.491 e. The van der Waals surface area contributed by atoms with E-state index in [1.807, 2.05) is 37.5 Å². The number of imide groups is 1. The van der Waals surface area contributed by atoms with Gasteiger partial charge in [0.05, 0.1) is 17.5 Å². The topological polar surface area (TPSA) is 72.8 Å². The zero-order chi connectivity index (χ0) is 25.6. The van der Waals surface area contributed by atoms with Crippen molar-refractivity contribution in [2.75, 3.05) is 20.1 Å². The summed E-state index contributed by atoms with van der Waals surface area (Å²) >= 11 is 6.29. The maximum atomic E-state index is 13.7. The van der Waals surface area contributed by atoms with E-state index in [0.717, 1.165) is 48.6 Å². The van der Waals surface area contributed by atoms with Crippen LogP contribution in [-0.2, 0) is 5.60 Å². The number of hydrogen-bond donors (Lipinski definition) is 1. The number of hydrogen-bond acceptors (Lipinski definition) is 5. The Balaban J connectivity index is 1.51. The molecule has 8 heteroatoms. The quantitative estimate of drug-likeness (QED) is 0.497. The van der Waals surface area contributed by atoms with Crippen LogP contribution in [0, 0.1) is 6.92 Å². The second-order valence-corrected chi connectivity index (χ2v) is 10.2. The van der Waals surface area contributed by atoms with Crippen LogP contribution in [0.15, 0.2) is 48.5 Å². The second kappa shape index (κ2) is 9.30. The van der Waals surface area contributed by atoms with Crippen LogP contribution >= 0.6 is 11.6 Å². The molecule has 1 spiro atoms. The van der Waals surface area contributed by atoms with Gasteiger partial charge in [0.15, 0.2) is 5.60 Å². The number of ether oxygens (including phenoxy) is 2. The van der Waals surface area contributed by atoms with Crippen LogP contribution in [0.25, 0.3) is 5.69 Å². The van der Waals surface area contributed by atoms with Gasteiger partial charge in [-0.2, -0.15) is 0 Å². The molecule has 3 aromatic rings. The Hall–Kier alpha value is -3.29. The standard InChI is InChI=1S/C28H30ClN3O4/c1-17(2)35-23-9-5-19(15-18(23)3)26(33)31(4)27(34)22-8-10-25-28(11-13-30-14-12-28)36-24-16-20(29)6-7-21(24)32(22)25/h5-10,15-17,30H,11-14H2,1-4H3. The number of halogens is 1. The van der Waals surface area contributed by atoms with E-state index in [4.69, 9.17) is 21.1 Å². The first-order valence-electron chi connectivity index (χ1n) is 12.2. The lowest BCUT2D eigenvalue weighted by atomic mass is 9.87. The van der Waals surface area contributed by atoms with E-state index in [1.165, 1.54) is 11.9 Å². The van der Waals surface area contributed by atoms with Crippen molar-refractivity contribution in [2.24, 2.45) is 0 Å². The molecule has 2 aliphatic heterocycles. The molecule has 1 saturated heterocycles. The van der Waals surface area contributed by atoms with Crippen molar-refractivity contribution in [2.45, 2.75) is 45.3 Å². The van der Waals surface area contributed by atoms with Crippen molar-refractivity contribution >= 4 is 23.4 Å². The molecule has 1 aromatic heterocycles. The predicted molar refractivity (Wildman–Crippen MR) is 139 cm³/mol. The lowest BCUT2D eigenvalue weighted by Gasteiger charge is -2.42. The monoisotopic (exact) mass is 507 g/mol. The van der Waals surface area contributed by atoms with Crippen molar-refractivity contribution < 1.29 is 19.1 Å². The lowest BCUT2D eigenvalue weighted by molar-refractivity contribution is 0.0199. The average Bonchev–Trinajstić information content (AvgIpc) is 3.30. The van der Waals surface area contributed by atoms with Crippen molar-refractivity contribution in [3.05, 3.63) is 76.1 Å². The van der Waals surface area contributed by atoms with Gasteiger partial charge in [0.2, 0.25) is 0 Å². The molecule has 188 valence electrons. The third-order valence-electron chi connectivity index (χ3n) is 6.84. The number of aryl methyl sites for hydroxylation is 1. The fourth-order valence-electron chi connectivity index (χ4n) is 5.05. The molecule has 0 atom stereocenters. The summed E-state index contributed by atoms with van der Waals surface area (Å²) in [5, 5.41) is 3.94. The number of amides is 2. The van der Waals surface area contributed by atoms with Crippen LogP contribution in [-0.4, -0.2) is 47.5 Å². The van der Waals surface area contributed by atoms with Crippen molar-refractivity contribution in [3.8, 4) is 17.2 Å². The van der Waals surface area contributed by atoms with Gasteiger partial charge in [-0.1, -0.05) is 11.6 Å². The molecular weight excluding hydrogens is 478 g/mol. The fourth-order valence-corrected chi connectivity index (χ4v) is 5.21. The van der Waals surface area contributed by atoms with Gasteiger partial charge in [0, 0.05) is 36.5 Å². The summed E-state index contributed by atoms with van der Waals surface area (Å²) in [4.78, 5) is 28.2. The minimum absolute atomic E-state index is 0.0278. The maximum Gasteiger partial charge on any atom is 0.277 e. The molecule has 7 nitrogen and oxygen atoms in total. The Morgan fingerprint density at radius 3 is 2.53 bits per heavy atom. The number of rotatable bonds is 4. The predicted octanol–water partition coefficient (Wildman–Crippen LogP) is 5.11. The van der Waals surface area contributed by atoms with Gasteiger partial charge in [0.25, 0.3) is 11.8 Å². The normalized spacial score (nSPS) is 15.7. The first-order valence-corrected chi connectivity index (χ1v) is 12.6. The lowest BCUT2D eigenvalue weighted by Crippen LogP contribution is -2.47. The van der Waals surface area contributed by atoms with Crippen LogP contribution in [0.1, 0.15) is 58.8 Å². The Labute approximate surface area is 215 Å². The van der Waals surface area contributed by atoms with Crippen molar-refractivity contribution in [1.82, 2.24) is 14.8 Å². The number of carbonyl (C=O) groups is 2. The molecule has 0 radical (unpaired) electrons. The Morgan fingerprint density at radius 2 is 1.83 bits per heavy atom. The molecule has 2 aromatic carbocycles. The molecule has 0 unspecified atom stereocenters.